The van der Waals surface area contributed by atoms with Gasteiger partial charge in [0.05, 0.1) is 23.4 Å². The molecule has 0 unspecified atom stereocenters. The van der Waals surface area contributed by atoms with Crippen LogP contribution in [0.15, 0.2) is 11.0 Å². The zero-order chi connectivity index (χ0) is 20.6. The second-order valence-electron chi connectivity index (χ2n) is 6.36. The lowest BCUT2D eigenvalue weighted by atomic mass is 10.1. The molecule has 28 heavy (non-hydrogen) atoms. The van der Waals surface area contributed by atoms with Crippen LogP contribution in [0.25, 0.3) is 11.0 Å². The van der Waals surface area contributed by atoms with Gasteiger partial charge in [0.2, 0.25) is 5.95 Å². The number of hydrogen-bond donors (Lipinski definition) is 8. The predicted molar refractivity (Wildman–Crippen MR) is 96.6 cm³/mol. The standard InChI is InChI=1S/C15H21N7O6/c16-7(17)1-2-19-12(26)5-3-22(11-8(5)13(27)21-15(18)20-11)14-10(25)9(24)6(4-23)28-14/h3,6,9-10,14,23-25H,1-2,4H2,(H3,16,17)(H,19,26)(H3,18,20,21,27)/t6-,9-,10-,14-/m1/s1. The van der Waals surface area contributed by atoms with E-state index in [1.165, 1.54) is 10.8 Å². The minimum absolute atomic E-state index is 0.0344. The molecule has 13 heteroatoms. The van der Waals surface area contributed by atoms with Gasteiger partial charge >= 0.3 is 0 Å². The van der Waals surface area contributed by atoms with Crippen molar-refractivity contribution < 1.29 is 24.9 Å². The van der Waals surface area contributed by atoms with Crippen LogP contribution >= 0.6 is 0 Å². The van der Waals surface area contributed by atoms with Gasteiger partial charge in [-0.2, -0.15) is 4.98 Å². The van der Waals surface area contributed by atoms with Crippen LogP contribution in [-0.4, -0.2) is 73.1 Å². The molecule has 1 aliphatic rings. The van der Waals surface area contributed by atoms with E-state index >= 15 is 0 Å². The van der Waals surface area contributed by atoms with Crippen LogP contribution in [0.5, 0.6) is 0 Å². The Morgan fingerprint density at radius 2 is 2.14 bits per heavy atom. The van der Waals surface area contributed by atoms with Crippen LogP contribution in [0.1, 0.15) is 23.0 Å². The Bertz CT molecular complexity index is 970. The van der Waals surface area contributed by atoms with E-state index in [1.807, 2.05) is 0 Å². The highest BCUT2D eigenvalue weighted by Crippen LogP contribution is 2.32. The maximum absolute atomic E-state index is 12.5. The van der Waals surface area contributed by atoms with Crippen LogP contribution in [0.3, 0.4) is 0 Å². The molecule has 1 saturated heterocycles. The summed E-state index contributed by atoms with van der Waals surface area (Å²) in [6.45, 7) is -0.461. The summed E-state index contributed by atoms with van der Waals surface area (Å²) in [5, 5.41) is 39.1. The number of nitrogens with two attached hydrogens (primary N) is 2. The number of hydrogen-bond acceptors (Lipinski definition) is 9. The molecule has 0 aliphatic carbocycles. The Balaban J connectivity index is 2.06. The normalized spacial score (nSPS) is 24.5. The Morgan fingerprint density at radius 3 is 2.75 bits per heavy atom. The molecule has 13 nitrogen and oxygen atoms in total. The van der Waals surface area contributed by atoms with E-state index in [-0.39, 0.29) is 41.3 Å². The molecule has 2 aromatic rings. The molecule has 0 saturated carbocycles. The zero-order valence-corrected chi connectivity index (χ0v) is 14.6. The first-order chi connectivity index (χ1) is 13.2. The summed E-state index contributed by atoms with van der Waals surface area (Å²) < 4.78 is 6.67. The van der Waals surface area contributed by atoms with Gasteiger partial charge in [-0.3, -0.25) is 20.0 Å². The lowest BCUT2D eigenvalue weighted by Crippen LogP contribution is -2.33. The summed E-state index contributed by atoms with van der Waals surface area (Å²) in [4.78, 5) is 31.2. The molecular formula is C15H21N7O6. The number of nitrogen functional groups attached to an aromatic ring is 1. The first kappa shape index (κ1) is 19.8. The van der Waals surface area contributed by atoms with Gasteiger partial charge in [0.25, 0.3) is 11.5 Å². The van der Waals surface area contributed by atoms with E-state index in [0.29, 0.717) is 0 Å². The van der Waals surface area contributed by atoms with Gasteiger partial charge in [0.15, 0.2) is 11.9 Å². The van der Waals surface area contributed by atoms with E-state index < -0.39 is 42.6 Å². The molecule has 0 spiro atoms. The lowest BCUT2D eigenvalue weighted by molar-refractivity contribution is -0.0508. The van der Waals surface area contributed by atoms with Gasteiger partial charge in [-0.25, -0.2) is 0 Å². The molecule has 0 aromatic carbocycles. The zero-order valence-electron chi connectivity index (χ0n) is 14.6. The van der Waals surface area contributed by atoms with E-state index in [2.05, 4.69) is 15.3 Å². The predicted octanol–water partition coefficient (Wildman–Crippen LogP) is -3.03. The number of nitrogens with zero attached hydrogens (tertiary/aromatic N) is 2. The third kappa shape index (κ3) is 3.43. The molecule has 152 valence electrons. The quantitative estimate of drug-likeness (QED) is 0.183. The number of anilines is 1. The van der Waals surface area contributed by atoms with Crippen LogP contribution in [0.4, 0.5) is 5.95 Å². The molecule has 3 heterocycles. The number of aliphatic hydroxyl groups excluding tert-OH is 3. The van der Waals surface area contributed by atoms with Crippen LogP contribution < -0.4 is 22.3 Å². The fraction of sp³-hybridized carbons (Fsp3) is 0.467. The van der Waals surface area contributed by atoms with Crippen LogP contribution in [0, 0.1) is 5.41 Å². The molecule has 0 bridgehead atoms. The number of amidine groups is 1. The first-order valence-corrected chi connectivity index (χ1v) is 8.38. The van der Waals surface area contributed by atoms with Gasteiger partial charge in [0, 0.05) is 19.2 Å². The molecule has 2 aromatic heterocycles. The van der Waals surface area contributed by atoms with Gasteiger partial charge in [-0.1, -0.05) is 0 Å². The van der Waals surface area contributed by atoms with Gasteiger partial charge < -0.3 is 41.4 Å². The fourth-order valence-electron chi connectivity index (χ4n) is 3.05. The number of carbonyl (C=O) groups is 1. The molecule has 3 rings (SSSR count). The minimum atomic E-state index is -1.44. The summed E-state index contributed by atoms with van der Waals surface area (Å²) in [6.07, 6.45) is -3.70. The van der Waals surface area contributed by atoms with E-state index in [9.17, 15) is 24.9 Å². The van der Waals surface area contributed by atoms with Gasteiger partial charge in [-0.05, 0) is 0 Å². The number of aromatic nitrogens is 3. The van der Waals surface area contributed by atoms with Gasteiger partial charge in [-0.15, -0.1) is 0 Å². The van der Waals surface area contributed by atoms with Crippen molar-refractivity contribution in [2.24, 2.45) is 5.73 Å². The van der Waals surface area contributed by atoms with E-state index in [4.69, 9.17) is 21.6 Å². The van der Waals surface area contributed by atoms with E-state index in [0.717, 1.165) is 0 Å². The average molecular weight is 395 g/mol. The molecule has 10 N–H and O–H groups in total. The summed E-state index contributed by atoms with van der Waals surface area (Å²) >= 11 is 0. The Morgan fingerprint density at radius 1 is 1.43 bits per heavy atom. The lowest BCUT2D eigenvalue weighted by Gasteiger charge is -2.17. The number of ether oxygens (including phenoxy) is 1. The maximum Gasteiger partial charge on any atom is 0.262 e. The average Bonchev–Trinajstić information content (AvgIpc) is 3.13. The number of carbonyl (C=O) groups excluding carboxylic acids is 1. The summed E-state index contributed by atoms with van der Waals surface area (Å²) in [5.41, 5.74) is 10.1. The molecule has 1 fully saturated rings. The largest absolute Gasteiger partial charge is 0.394 e. The van der Waals surface area contributed by atoms with Crippen molar-refractivity contribution in [2.75, 3.05) is 18.9 Å². The molecule has 0 radical (unpaired) electrons. The number of rotatable bonds is 6. The van der Waals surface area contributed by atoms with Crippen molar-refractivity contribution in [1.29, 1.82) is 5.41 Å². The second-order valence-corrected chi connectivity index (χ2v) is 6.36. The maximum atomic E-state index is 12.5. The summed E-state index contributed by atoms with van der Waals surface area (Å²) in [6, 6.07) is 0. The Kier molecular flexibility index (Phi) is 5.33. The molecule has 1 aliphatic heterocycles. The van der Waals surface area contributed by atoms with Crippen LogP contribution in [-0.2, 0) is 4.74 Å². The van der Waals surface area contributed by atoms with Gasteiger partial charge in [0.1, 0.15) is 18.3 Å². The number of aliphatic hydroxyl groups is 3. The van der Waals surface area contributed by atoms with Crippen molar-refractivity contribution in [3.63, 3.8) is 0 Å². The summed E-state index contributed by atoms with van der Waals surface area (Å²) in [5.74, 6) is -0.956. The number of amides is 1. The highest BCUT2D eigenvalue weighted by Gasteiger charge is 2.44. The number of fused-ring (bicyclic) bond motifs is 1. The topological polar surface area (TPSA) is 226 Å². The van der Waals surface area contributed by atoms with Crippen molar-refractivity contribution >= 4 is 28.7 Å². The van der Waals surface area contributed by atoms with Crippen molar-refractivity contribution in [3.05, 3.63) is 22.1 Å². The summed E-state index contributed by atoms with van der Waals surface area (Å²) in [7, 11) is 0. The monoisotopic (exact) mass is 395 g/mol. The molecular weight excluding hydrogens is 374 g/mol. The molecule has 4 atom stereocenters. The highest BCUT2D eigenvalue weighted by atomic mass is 16.6. The smallest absolute Gasteiger partial charge is 0.262 e. The van der Waals surface area contributed by atoms with E-state index in [1.54, 1.807) is 0 Å². The Hall–Kier alpha value is -3.00. The number of aromatic amines is 1. The highest BCUT2D eigenvalue weighted by molar-refractivity contribution is 6.06. The molecule has 1 amide bonds. The van der Waals surface area contributed by atoms with Crippen molar-refractivity contribution in [3.8, 4) is 0 Å². The third-order valence-corrected chi connectivity index (χ3v) is 4.42. The van der Waals surface area contributed by atoms with Crippen LogP contribution in [0.2, 0.25) is 0 Å². The number of H-pyrrole nitrogens is 1. The number of nitrogens with one attached hydrogen (secondary N) is 3. The fourth-order valence-corrected chi connectivity index (χ4v) is 3.05. The van der Waals surface area contributed by atoms with Crippen molar-refractivity contribution in [2.45, 2.75) is 31.0 Å². The first-order valence-electron chi connectivity index (χ1n) is 8.38. The Labute approximate surface area is 157 Å². The second kappa shape index (κ2) is 7.55. The minimum Gasteiger partial charge on any atom is -0.394 e. The third-order valence-electron chi connectivity index (χ3n) is 4.42. The van der Waals surface area contributed by atoms with Crippen molar-refractivity contribution in [1.82, 2.24) is 19.9 Å². The SMILES string of the molecule is N=C(N)CCNC(=O)c1cn([C@@H]2O[C@H](CO)[C@@H](O)[C@H]2O)c2nc(N)[nH]c(=O)c12.